The molecular weight excluding hydrogens is 380 g/mol. The van der Waals surface area contributed by atoms with Crippen LogP contribution in [0.3, 0.4) is 0 Å². The number of hydrogen-bond donors (Lipinski definition) is 2. The molecule has 0 saturated heterocycles. The van der Waals surface area contributed by atoms with E-state index in [2.05, 4.69) is 20.7 Å². The van der Waals surface area contributed by atoms with Gasteiger partial charge >= 0.3 is 0 Å². The van der Waals surface area contributed by atoms with Crippen LogP contribution in [0.5, 0.6) is 5.75 Å². The summed E-state index contributed by atoms with van der Waals surface area (Å²) in [6, 6.07) is 9.14. The van der Waals surface area contributed by atoms with Crippen LogP contribution in [0.2, 0.25) is 5.02 Å². The number of sulfonamides is 1. The molecule has 112 valence electrons. The summed E-state index contributed by atoms with van der Waals surface area (Å²) in [6.45, 7) is 0. The fourth-order valence-electron chi connectivity index (χ4n) is 1.70. The second-order valence-electron chi connectivity index (χ2n) is 4.14. The standard InChI is InChI=1S/C13H12BrClN2O3S/c1-20-12-4-3-9(7-10(12)15)17-21(18,19)13-5-2-8(14)6-11(13)16/h2-7,17H,16H2,1H3. The molecule has 0 aromatic heterocycles. The van der Waals surface area contributed by atoms with Crippen LogP contribution in [-0.2, 0) is 10.0 Å². The lowest BCUT2D eigenvalue weighted by Gasteiger charge is -2.11. The summed E-state index contributed by atoms with van der Waals surface area (Å²) < 4.78 is 32.8. The number of anilines is 2. The fraction of sp³-hybridized carbons (Fsp3) is 0.0769. The molecule has 0 fully saturated rings. The van der Waals surface area contributed by atoms with Crippen LogP contribution >= 0.6 is 27.5 Å². The Hall–Kier alpha value is -1.44. The van der Waals surface area contributed by atoms with E-state index < -0.39 is 10.0 Å². The third-order valence-corrected chi connectivity index (χ3v) is 4.91. The molecule has 2 aromatic rings. The van der Waals surface area contributed by atoms with Crippen LogP contribution < -0.4 is 15.2 Å². The van der Waals surface area contributed by atoms with Gasteiger partial charge in [-0.25, -0.2) is 8.42 Å². The molecule has 0 atom stereocenters. The number of nitrogens with two attached hydrogens (primary N) is 1. The van der Waals surface area contributed by atoms with Crippen molar-refractivity contribution in [2.24, 2.45) is 0 Å². The second-order valence-corrected chi connectivity index (χ2v) is 7.11. The minimum Gasteiger partial charge on any atom is -0.495 e. The first-order valence-electron chi connectivity index (χ1n) is 5.75. The van der Waals surface area contributed by atoms with Crippen molar-refractivity contribution in [1.82, 2.24) is 0 Å². The first-order valence-corrected chi connectivity index (χ1v) is 8.40. The monoisotopic (exact) mass is 390 g/mol. The summed E-state index contributed by atoms with van der Waals surface area (Å²) in [5.41, 5.74) is 6.21. The van der Waals surface area contributed by atoms with E-state index in [1.807, 2.05) is 0 Å². The number of benzene rings is 2. The van der Waals surface area contributed by atoms with Crippen molar-refractivity contribution in [1.29, 1.82) is 0 Å². The van der Waals surface area contributed by atoms with Gasteiger partial charge in [-0.3, -0.25) is 4.72 Å². The fourth-order valence-corrected chi connectivity index (χ4v) is 3.50. The molecule has 0 radical (unpaired) electrons. The van der Waals surface area contributed by atoms with Gasteiger partial charge in [0.25, 0.3) is 10.0 Å². The number of ether oxygens (including phenoxy) is 1. The van der Waals surface area contributed by atoms with E-state index in [0.717, 1.165) is 0 Å². The molecule has 5 nitrogen and oxygen atoms in total. The quantitative estimate of drug-likeness (QED) is 0.782. The van der Waals surface area contributed by atoms with Gasteiger partial charge in [0.05, 0.1) is 23.5 Å². The first kappa shape index (κ1) is 15.9. The highest BCUT2D eigenvalue weighted by Gasteiger charge is 2.18. The highest BCUT2D eigenvalue weighted by molar-refractivity contribution is 9.10. The lowest BCUT2D eigenvalue weighted by molar-refractivity contribution is 0.415. The molecule has 0 saturated carbocycles. The summed E-state index contributed by atoms with van der Waals surface area (Å²) in [4.78, 5) is -0.00218. The van der Waals surface area contributed by atoms with Gasteiger partial charge < -0.3 is 10.5 Å². The molecule has 0 amide bonds. The Morgan fingerprint density at radius 1 is 1.24 bits per heavy atom. The highest BCUT2D eigenvalue weighted by Crippen LogP contribution is 2.29. The minimum absolute atomic E-state index is 0.00218. The number of rotatable bonds is 4. The maximum Gasteiger partial charge on any atom is 0.263 e. The zero-order chi connectivity index (χ0) is 15.6. The van der Waals surface area contributed by atoms with Gasteiger partial charge in [0.2, 0.25) is 0 Å². The average molecular weight is 392 g/mol. The number of nitrogens with one attached hydrogen (secondary N) is 1. The lowest BCUT2D eigenvalue weighted by Crippen LogP contribution is -2.14. The molecule has 0 spiro atoms. The van der Waals surface area contributed by atoms with Crippen molar-refractivity contribution < 1.29 is 13.2 Å². The third-order valence-electron chi connectivity index (χ3n) is 2.67. The van der Waals surface area contributed by atoms with Gasteiger partial charge in [-0.15, -0.1) is 0 Å². The van der Waals surface area contributed by atoms with E-state index in [0.29, 0.717) is 20.9 Å². The minimum atomic E-state index is -3.79. The topological polar surface area (TPSA) is 81.4 Å². The van der Waals surface area contributed by atoms with Crippen LogP contribution in [0.25, 0.3) is 0 Å². The number of halogens is 2. The molecular formula is C13H12BrClN2O3S. The number of hydrogen-bond acceptors (Lipinski definition) is 4. The van der Waals surface area contributed by atoms with E-state index in [9.17, 15) is 8.42 Å². The molecule has 0 bridgehead atoms. The van der Waals surface area contributed by atoms with E-state index >= 15 is 0 Å². The molecule has 0 aliphatic rings. The van der Waals surface area contributed by atoms with Gasteiger partial charge in [0.1, 0.15) is 10.6 Å². The summed E-state index contributed by atoms with van der Waals surface area (Å²) in [5, 5.41) is 0.307. The van der Waals surface area contributed by atoms with Gasteiger partial charge in [-0.2, -0.15) is 0 Å². The maximum absolute atomic E-state index is 12.3. The predicted molar refractivity (Wildman–Crippen MR) is 87.4 cm³/mol. The van der Waals surface area contributed by atoms with Crippen molar-refractivity contribution in [3.63, 3.8) is 0 Å². The summed E-state index contributed by atoms with van der Waals surface area (Å²) >= 11 is 9.19. The van der Waals surface area contributed by atoms with Crippen LogP contribution in [0.4, 0.5) is 11.4 Å². The Morgan fingerprint density at radius 3 is 2.52 bits per heavy atom. The normalized spacial score (nSPS) is 11.2. The predicted octanol–water partition coefficient (Wildman–Crippen LogP) is 3.49. The number of methoxy groups -OCH3 is 1. The second kappa shape index (κ2) is 6.13. The molecule has 0 aliphatic heterocycles. The van der Waals surface area contributed by atoms with Crippen LogP contribution in [0.15, 0.2) is 45.8 Å². The van der Waals surface area contributed by atoms with Crippen molar-refractivity contribution in [2.45, 2.75) is 4.90 Å². The van der Waals surface area contributed by atoms with E-state index in [1.54, 1.807) is 18.2 Å². The van der Waals surface area contributed by atoms with Crippen molar-refractivity contribution in [2.75, 3.05) is 17.6 Å². The molecule has 2 aromatic carbocycles. The van der Waals surface area contributed by atoms with E-state index in [1.165, 1.54) is 25.3 Å². The SMILES string of the molecule is COc1ccc(NS(=O)(=O)c2ccc(Br)cc2N)cc1Cl. The third kappa shape index (κ3) is 3.61. The Balaban J connectivity index is 2.35. The maximum atomic E-state index is 12.3. The van der Waals surface area contributed by atoms with Gasteiger partial charge in [-0.1, -0.05) is 27.5 Å². The molecule has 0 unspecified atom stereocenters. The van der Waals surface area contributed by atoms with Crippen molar-refractivity contribution >= 4 is 48.9 Å². The summed E-state index contributed by atoms with van der Waals surface area (Å²) in [7, 11) is -2.31. The largest absolute Gasteiger partial charge is 0.495 e. The summed E-state index contributed by atoms with van der Waals surface area (Å²) in [5.74, 6) is 0.461. The van der Waals surface area contributed by atoms with Crippen LogP contribution in [0, 0.1) is 0 Å². The molecule has 8 heteroatoms. The average Bonchev–Trinajstić information content (AvgIpc) is 2.37. The summed E-state index contributed by atoms with van der Waals surface area (Å²) in [6.07, 6.45) is 0. The zero-order valence-corrected chi connectivity index (χ0v) is 14.1. The van der Waals surface area contributed by atoms with Gasteiger partial charge in [0.15, 0.2) is 0 Å². The van der Waals surface area contributed by atoms with Crippen molar-refractivity contribution in [3.05, 3.63) is 45.9 Å². The van der Waals surface area contributed by atoms with Crippen LogP contribution in [0.1, 0.15) is 0 Å². The highest BCUT2D eigenvalue weighted by atomic mass is 79.9. The smallest absolute Gasteiger partial charge is 0.263 e. The molecule has 2 rings (SSSR count). The van der Waals surface area contributed by atoms with Crippen molar-refractivity contribution in [3.8, 4) is 5.75 Å². The molecule has 21 heavy (non-hydrogen) atoms. The van der Waals surface area contributed by atoms with Crippen LogP contribution in [-0.4, -0.2) is 15.5 Å². The van der Waals surface area contributed by atoms with E-state index in [-0.39, 0.29) is 10.6 Å². The Labute approximate surface area is 136 Å². The van der Waals surface area contributed by atoms with Gasteiger partial charge in [-0.05, 0) is 36.4 Å². The number of nitrogen functional groups attached to an aromatic ring is 1. The first-order chi connectivity index (χ1) is 9.83. The Kier molecular flexibility index (Phi) is 4.65. The molecule has 0 heterocycles. The molecule has 0 aliphatic carbocycles. The lowest BCUT2D eigenvalue weighted by atomic mass is 10.3. The van der Waals surface area contributed by atoms with Gasteiger partial charge in [0, 0.05) is 4.47 Å². The zero-order valence-electron chi connectivity index (χ0n) is 10.9. The molecule has 3 N–H and O–H groups in total. The Morgan fingerprint density at radius 2 is 1.95 bits per heavy atom. The van der Waals surface area contributed by atoms with E-state index in [4.69, 9.17) is 22.1 Å². The Bertz CT molecular complexity index is 781.